The number of nitrogens with one attached hydrogen (secondary N) is 1. The van der Waals surface area contributed by atoms with Crippen LogP contribution in [0.3, 0.4) is 0 Å². The summed E-state index contributed by atoms with van der Waals surface area (Å²) in [7, 11) is -4.52. The fourth-order valence-electron chi connectivity index (χ4n) is 4.82. The molecule has 6 rings (SSSR count). The Morgan fingerprint density at radius 2 is 1.68 bits per heavy atom. The Labute approximate surface area is 255 Å². The lowest BCUT2D eigenvalue weighted by atomic mass is 10.1. The van der Waals surface area contributed by atoms with Gasteiger partial charge in [-0.15, -0.1) is 11.8 Å². The minimum absolute atomic E-state index is 0.00173. The van der Waals surface area contributed by atoms with Gasteiger partial charge in [-0.3, -0.25) is 28.9 Å². The van der Waals surface area contributed by atoms with Crippen LogP contribution >= 0.6 is 11.8 Å². The van der Waals surface area contributed by atoms with Gasteiger partial charge in [0.1, 0.15) is 22.7 Å². The van der Waals surface area contributed by atoms with Crippen LogP contribution in [0.15, 0.2) is 107 Å². The molecule has 11 nitrogen and oxygen atoms in total. The van der Waals surface area contributed by atoms with E-state index >= 15 is 0 Å². The van der Waals surface area contributed by atoms with Gasteiger partial charge in [-0.05, 0) is 79.2 Å². The molecule has 1 aliphatic heterocycles. The molecule has 1 fully saturated rings. The summed E-state index contributed by atoms with van der Waals surface area (Å²) >= 11 is 1.38. The average Bonchev–Trinajstić information content (AvgIpc) is 3.37. The van der Waals surface area contributed by atoms with Crippen LogP contribution in [0.5, 0.6) is 11.5 Å². The Kier molecular flexibility index (Phi) is 7.67. The van der Waals surface area contributed by atoms with E-state index in [-0.39, 0.29) is 28.1 Å². The number of hydrazine groups is 1. The maximum absolute atomic E-state index is 13.3. The Morgan fingerprint density at radius 3 is 2.41 bits per heavy atom. The lowest BCUT2D eigenvalue weighted by Gasteiger charge is -2.25. The molecular formula is C31H24N4O7S2. The first-order valence-corrected chi connectivity index (χ1v) is 15.8. The SMILES string of the molecule is Cc1nc2ccc(S(=O)(=O)O)cc2c(=O)n1-c1ccc(C(=O)NN2C(=O)CSC2c2cccc(Oc3ccccc3)c2)cc1. The van der Waals surface area contributed by atoms with Crippen LogP contribution in [0.2, 0.25) is 0 Å². The third-order valence-corrected chi connectivity index (χ3v) is 8.97. The molecule has 5 aromatic rings. The van der Waals surface area contributed by atoms with E-state index in [0.717, 1.165) is 11.6 Å². The van der Waals surface area contributed by atoms with Crippen molar-refractivity contribution in [2.75, 3.05) is 5.75 Å². The van der Waals surface area contributed by atoms with E-state index in [1.807, 2.05) is 54.6 Å². The van der Waals surface area contributed by atoms with Crippen molar-refractivity contribution < 1.29 is 27.3 Å². The maximum atomic E-state index is 13.3. The van der Waals surface area contributed by atoms with Crippen molar-refractivity contribution >= 4 is 44.6 Å². The molecule has 4 aromatic carbocycles. The molecule has 0 radical (unpaired) electrons. The van der Waals surface area contributed by atoms with Crippen LogP contribution in [0.25, 0.3) is 16.6 Å². The van der Waals surface area contributed by atoms with Crippen LogP contribution in [0.1, 0.15) is 27.1 Å². The molecule has 0 aliphatic carbocycles. The van der Waals surface area contributed by atoms with Gasteiger partial charge in [-0.2, -0.15) is 8.42 Å². The Bertz CT molecular complexity index is 2080. The quantitative estimate of drug-likeness (QED) is 0.246. The van der Waals surface area contributed by atoms with Crippen LogP contribution < -0.4 is 15.7 Å². The second-order valence-electron chi connectivity index (χ2n) is 9.86. The first-order valence-electron chi connectivity index (χ1n) is 13.3. The molecular weight excluding hydrogens is 604 g/mol. The van der Waals surface area contributed by atoms with E-state index in [1.165, 1.54) is 45.6 Å². The summed E-state index contributed by atoms with van der Waals surface area (Å²) < 4.78 is 39.8. The standard InChI is InChI=1S/C31H24N4O7S2/c1-19-32-27-15-14-25(44(39,40)41)17-26(27)30(38)34(19)22-12-10-20(11-13-22)29(37)33-35-28(36)18-43-31(35)21-6-5-9-24(16-21)42-23-7-3-2-4-8-23/h2-17,31H,18H2,1H3,(H,33,37)(H,39,40,41). The normalized spacial score (nSPS) is 15.0. The first kappa shape index (κ1) is 29.1. The van der Waals surface area contributed by atoms with Gasteiger partial charge in [0.05, 0.1) is 27.2 Å². The van der Waals surface area contributed by atoms with Crippen molar-refractivity contribution in [1.29, 1.82) is 0 Å². The number of carbonyl (C=O) groups excluding carboxylic acids is 2. The molecule has 222 valence electrons. The van der Waals surface area contributed by atoms with Gasteiger partial charge in [0.2, 0.25) is 0 Å². The van der Waals surface area contributed by atoms with E-state index < -0.39 is 31.9 Å². The predicted octanol–water partition coefficient (Wildman–Crippen LogP) is 4.65. The highest BCUT2D eigenvalue weighted by atomic mass is 32.2. The molecule has 2 N–H and O–H groups in total. The van der Waals surface area contributed by atoms with Crippen molar-refractivity contribution in [2.24, 2.45) is 0 Å². The summed E-state index contributed by atoms with van der Waals surface area (Å²) in [6.07, 6.45) is 0. The number of fused-ring (bicyclic) bond motifs is 1. The number of rotatable bonds is 7. The molecule has 1 atom stereocenters. The van der Waals surface area contributed by atoms with Gasteiger partial charge in [-0.1, -0.05) is 30.3 Å². The average molecular weight is 629 g/mol. The zero-order valence-electron chi connectivity index (χ0n) is 23.1. The fourth-order valence-corrected chi connectivity index (χ4v) is 6.43. The Hall–Kier alpha value is -4.98. The van der Waals surface area contributed by atoms with Crippen LogP contribution in [-0.4, -0.2) is 45.1 Å². The molecule has 2 heterocycles. The maximum Gasteiger partial charge on any atom is 0.294 e. The molecule has 2 amide bonds. The summed E-state index contributed by atoms with van der Waals surface area (Å²) in [6, 6.07) is 26.3. The van der Waals surface area contributed by atoms with Crippen LogP contribution in [0, 0.1) is 6.92 Å². The predicted molar refractivity (Wildman–Crippen MR) is 164 cm³/mol. The highest BCUT2D eigenvalue weighted by Gasteiger charge is 2.34. The first-order chi connectivity index (χ1) is 21.1. The largest absolute Gasteiger partial charge is 0.457 e. The zero-order chi connectivity index (χ0) is 31.0. The van der Waals surface area contributed by atoms with Gasteiger partial charge in [0.15, 0.2) is 0 Å². The monoisotopic (exact) mass is 628 g/mol. The fraction of sp³-hybridized carbons (Fsp3) is 0.0968. The summed E-state index contributed by atoms with van der Waals surface area (Å²) in [5, 5.41) is 0.835. The van der Waals surface area contributed by atoms with E-state index in [1.54, 1.807) is 19.1 Å². The minimum Gasteiger partial charge on any atom is -0.457 e. The van der Waals surface area contributed by atoms with Crippen molar-refractivity contribution in [3.63, 3.8) is 0 Å². The number of aryl methyl sites for hydroxylation is 1. The summed E-state index contributed by atoms with van der Waals surface area (Å²) in [5.41, 5.74) is 3.84. The lowest BCUT2D eigenvalue weighted by Crippen LogP contribution is -2.44. The zero-order valence-corrected chi connectivity index (χ0v) is 24.7. The molecule has 0 saturated carbocycles. The lowest BCUT2D eigenvalue weighted by molar-refractivity contribution is -0.130. The van der Waals surface area contributed by atoms with Crippen molar-refractivity contribution in [2.45, 2.75) is 17.2 Å². The highest BCUT2D eigenvalue weighted by molar-refractivity contribution is 8.00. The third kappa shape index (κ3) is 5.80. The summed E-state index contributed by atoms with van der Waals surface area (Å²) in [4.78, 5) is 43.3. The van der Waals surface area contributed by atoms with Gasteiger partial charge in [0.25, 0.3) is 27.5 Å². The van der Waals surface area contributed by atoms with Crippen molar-refractivity contribution in [3.05, 3.63) is 124 Å². The number of aromatic nitrogens is 2. The van der Waals surface area contributed by atoms with Gasteiger partial charge in [-0.25, -0.2) is 9.99 Å². The topological polar surface area (TPSA) is 148 Å². The number of amides is 2. The number of hydrogen-bond donors (Lipinski definition) is 2. The number of ether oxygens (including phenoxy) is 1. The number of hydrogen-bond acceptors (Lipinski definition) is 8. The van der Waals surface area contributed by atoms with Crippen LogP contribution in [0.4, 0.5) is 0 Å². The van der Waals surface area contributed by atoms with Gasteiger partial charge >= 0.3 is 0 Å². The second-order valence-corrected chi connectivity index (χ2v) is 12.3. The summed E-state index contributed by atoms with van der Waals surface area (Å²) in [6.45, 7) is 1.62. The van der Waals surface area contributed by atoms with Crippen molar-refractivity contribution in [1.82, 2.24) is 20.0 Å². The summed E-state index contributed by atoms with van der Waals surface area (Å²) in [5.74, 6) is 1.01. The molecule has 1 saturated heterocycles. The smallest absolute Gasteiger partial charge is 0.294 e. The molecule has 1 aliphatic rings. The number of carbonyl (C=O) groups is 2. The van der Waals surface area contributed by atoms with E-state index in [0.29, 0.717) is 23.0 Å². The molecule has 0 spiro atoms. The van der Waals surface area contributed by atoms with E-state index in [9.17, 15) is 27.4 Å². The third-order valence-electron chi connectivity index (χ3n) is 6.90. The molecule has 1 unspecified atom stereocenters. The molecule has 1 aromatic heterocycles. The van der Waals surface area contributed by atoms with E-state index in [2.05, 4.69) is 10.4 Å². The Balaban J connectivity index is 1.23. The van der Waals surface area contributed by atoms with Crippen molar-refractivity contribution in [3.8, 4) is 17.2 Å². The van der Waals surface area contributed by atoms with Gasteiger partial charge in [0, 0.05) is 5.56 Å². The molecule has 44 heavy (non-hydrogen) atoms. The number of para-hydroxylation sites is 1. The number of benzene rings is 4. The number of nitrogens with zero attached hydrogens (tertiary/aromatic N) is 3. The Morgan fingerprint density at radius 1 is 0.955 bits per heavy atom. The second kappa shape index (κ2) is 11.6. The molecule has 0 bridgehead atoms. The van der Waals surface area contributed by atoms with Crippen LogP contribution in [-0.2, 0) is 14.9 Å². The minimum atomic E-state index is -4.52. The highest BCUT2D eigenvalue weighted by Crippen LogP contribution is 2.39. The van der Waals surface area contributed by atoms with E-state index in [4.69, 9.17) is 4.74 Å². The number of thioether (sulfide) groups is 1. The van der Waals surface area contributed by atoms with Gasteiger partial charge < -0.3 is 4.74 Å². The molecule has 13 heteroatoms.